The number of hydrogen-bond acceptors (Lipinski definition) is 10. The summed E-state index contributed by atoms with van der Waals surface area (Å²) in [6.07, 6.45) is 19.6. The zero-order valence-electron chi connectivity index (χ0n) is 42.6. The van der Waals surface area contributed by atoms with E-state index < -0.39 is 0 Å². The molecule has 0 atom stereocenters. The minimum atomic E-state index is 0.931. The lowest BCUT2D eigenvalue weighted by molar-refractivity contribution is 1.15. The second-order valence-electron chi connectivity index (χ2n) is 16.9. The predicted octanol–water partition coefficient (Wildman–Crippen LogP) is 14.9. The third-order valence-electron chi connectivity index (χ3n) is 11.5. The van der Waals surface area contributed by atoms with E-state index in [1.807, 2.05) is 172 Å². The smallest absolute Gasteiger partial charge is 0.116 e. The molecule has 10 heteroatoms. The van der Waals surface area contributed by atoms with Crippen molar-refractivity contribution < 1.29 is 0 Å². The zero-order chi connectivity index (χ0) is 51.7. The van der Waals surface area contributed by atoms with Gasteiger partial charge in [0, 0.05) is 95.1 Å². The Kier molecular flexibility index (Phi) is 19.6. The zero-order valence-corrected chi connectivity index (χ0v) is 42.6. The topological polar surface area (TPSA) is 129 Å². The maximum atomic E-state index is 4.35. The highest BCUT2D eigenvalue weighted by Gasteiger charge is 2.04. The minimum absolute atomic E-state index is 0.931. The number of aromatic nitrogens is 10. The Balaban J connectivity index is 0.000000130. The Labute approximate surface area is 434 Å². The molecule has 364 valence electrons. The first-order valence-corrected chi connectivity index (χ1v) is 24.2. The Morgan fingerprint density at radius 3 is 1.28 bits per heavy atom. The fraction of sp³-hybridized carbons (Fsp3) is 0.0938. The molecular weight excluding hydrogens is 909 g/mol. The maximum absolute atomic E-state index is 4.35. The van der Waals surface area contributed by atoms with Gasteiger partial charge in [0.05, 0.1) is 39.5 Å². The molecule has 12 rings (SSSR count). The van der Waals surface area contributed by atoms with Gasteiger partial charge in [-0.15, -0.1) is 0 Å². The highest BCUT2D eigenvalue weighted by molar-refractivity contribution is 5.81. The van der Waals surface area contributed by atoms with E-state index in [0.29, 0.717) is 0 Å². The normalized spacial score (nSPS) is 10.0. The molecule has 0 unspecified atom stereocenters. The summed E-state index contributed by atoms with van der Waals surface area (Å²) < 4.78 is 0. The van der Waals surface area contributed by atoms with Crippen molar-refractivity contribution in [2.24, 2.45) is 0 Å². The number of fused-ring (bicyclic) bond motifs is 2. The van der Waals surface area contributed by atoms with Crippen molar-refractivity contribution in [1.82, 2.24) is 49.8 Å². The first-order chi connectivity index (χ1) is 36.3. The summed E-state index contributed by atoms with van der Waals surface area (Å²) in [5.41, 5.74) is 17.5. The second kappa shape index (κ2) is 27.7. The molecule has 9 aromatic heterocycles. The van der Waals surface area contributed by atoms with Crippen molar-refractivity contribution in [3.05, 3.63) is 278 Å². The summed E-state index contributed by atoms with van der Waals surface area (Å²) in [6.45, 7) is 12.3. The number of rotatable bonds is 4. The summed E-state index contributed by atoms with van der Waals surface area (Å²) in [7, 11) is 0. The molecule has 0 saturated carbocycles. The van der Waals surface area contributed by atoms with E-state index >= 15 is 0 Å². The van der Waals surface area contributed by atoms with Gasteiger partial charge in [0.2, 0.25) is 0 Å². The van der Waals surface area contributed by atoms with E-state index in [0.717, 1.165) is 67.3 Å². The van der Waals surface area contributed by atoms with E-state index in [4.69, 9.17) is 0 Å². The van der Waals surface area contributed by atoms with Crippen molar-refractivity contribution in [3.8, 4) is 45.2 Å². The number of benzene rings is 3. The van der Waals surface area contributed by atoms with Gasteiger partial charge in [-0.1, -0.05) is 97.1 Å². The molecule has 0 spiro atoms. The largest absolute Gasteiger partial charge is 0.265 e. The number of aryl methyl sites for hydroxylation is 6. The Morgan fingerprint density at radius 2 is 0.716 bits per heavy atom. The highest BCUT2D eigenvalue weighted by atomic mass is 14.8. The van der Waals surface area contributed by atoms with Crippen molar-refractivity contribution >= 4 is 21.8 Å². The first-order valence-electron chi connectivity index (χ1n) is 24.2. The van der Waals surface area contributed by atoms with Gasteiger partial charge in [-0.3, -0.25) is 39.9 Å². The van der Waals surface area contributed by atoms with Crippen LogP contribution in [-0.2, 0) is 0 Å². The molecule has 0 amide bonds. The van der Waals surface area contributed by atoms with Crippen molar-refractivity contribution in [3.63, 3.8) is 0 Å². The number of para-hydroxylation sites is 1. The Morgan fingerprint density at radius 1 is 0.257 bits per heavy atom. The van der Waals surface area contributed by atoms with Crippen molar-refractivity contribution in [1.29, 1.82) is 0 Å². The van der Waals surface area contributed by atoms with Crippen LogP contribution < -0.4 is 0 Å². The standard InChI is InChI=1S/C12H11N.3C11H10N2.C10H9N.C9H8N2/c1-10-6-5-9-13-12(10)11-7-3-2-4-8-11;1-9-4-2-7-13-11(9)10-5-3-6-12-8-10;1-9-3-2-6-13-11(9)10-4-7-12-8-5-10;1-9-5-4-8-13-11(9)10-6-2-3-7-12-10;1-8-4-2-6-10-9(8)5-3-7-11-10;1-7-8-4-2-3-5-9(8)11-6-10-7/h2-9H,1H3;3*2-8H,1H3;2-7H,1H3;2-6H,1H3. The van der Waals surface area contributed by atoms with Gasteiger partial charge in [0.15, 0.2) is 0 Å². The van der Waals surface area contributed by atoms with Gasteiger partial charge >= 0.3 is 0 Å². The fourth-order valence-electron chi connectivity index (χ4n) is 7.63. The molecule has 12 aromatic rings. The first kappa shape index (κ1) is 52.3. The van der Waals surface area contributed by atoms with Crippen LogP contribution in [0.4, 0.5) is 0 Å². The summed E-state index contributed by atoms with van der Waals surface area (Å²) >= 11 is 0. The minimum Gasteiger partial charge on any atom is -0.265 e. The van der Waals surface area contributed by atoms with Gasteiger partial charge in [-0.2, -0.15) is 0 Å². The molecule has 10 nitrogen and oxygen atoms in total. The van der Waals surface area contributed by atoms with Crippen molar-refractivity contribution in [2.45, 2.75) is 41.5 Å². The third-order valence-corrected chi connectivity index (χ3v) is 11.5. The summed E-state index contributed by atoms with van der Waals surface area (Å²) in [4.78, 5) is 42.0. The van der Waals surface area contributed by atoms with Gasteiger partial charge in [-0.25, -0.2) is 9.97 Å². The number of hydrogen-bond donors (Lipinski definition) is 0. The van der Waals surface area contributed by atoms with E-state index in [1.54, 1.807) is 43.5 Å². The quantitative estimate of drug-likeness (QED) is 0.168. The van der Waals surface area contributed by atoms with Crippen LogP contribution in [0.5, 0.6) is 0 Å². The van der Waals surface area contributed by atoms with Crippen LogP contribution in [0.2, 0.25) is 0 Å². The molecule has 74 heavy (non-hydrogen) atoms. The van der Waals surface area contributed by atoms with E-state index in [9.17, 15) is 0 Å². The van der Waals surface area contributed by atoms with Crippen LogP contribution in [-0.4, -0.2) is 49.8 Å². The molecule has 9 heterocycles. The molecule has 0 bridgehead atoms. The summed E-state index contributed by atoms with van der Waals surface area (Å²) in [5.74, 6) is 0. The third kappa shape index (κ3) is 15.2. The average Bonchev–Trinajstić information content (AvgIpc) is 3.46. The van der Waals surface area contributed by atoms with Crippen LogP contribution in [0, 0.1) is 41.5 Å². The molecular formula is C64H58N10. The van der Waals surface area contributed by atoms with Gasteiger partial charge < -0.3 is 0 Å². The average molecular weight is 967 g/mol. The SMILES string of the molecule is Cc1cccc2ncccc12.Cc1cccnc1-c1ccccc1.Cc1cccnc1-c1ccccn1.Cc1cccnc1-c1cccnc1.Cc1cccnc1-c1ccncc1.Cc1ncnc2ccccc12. The van der Waals surface area contributed by atoms with Gasteiger partial charge in [0.1, 0.15) is 6.33 Å². The number of nitrogens with zero attached hydrogens (tertiary/aromatic N) is 10. The molecule has 0 aliphatic rings. The summed E-state index contributed by atoms with van der Waals surface area (Å²) in [5, 5.41) is 2.38. The summed E-state index contributed by atoms with van der Waals surface area (Å²) in [6, 6.07) is 58.2. The van der Waals surface area contributed by atoms with Crippen LogP contribution in [0.3, 0.4) is 0 Å². The Hall–Kier alpha value is -9.54. The molecule has 0 aliphatic carbocycles. The lowest BCUT2D eigenvalue weighted by atomic mass is 10.1. The van der Waals surface area contributed by atoms with Crippen LogP contribution >= 0.6 is 0 Å². The maximum Gasteiger partial charge on any atom is 0.116 e. The molecule has 0 saturated heterocycles. The second-order valence-corrected chi connectivity index (χ2v) is 16.9. The molecule has 0 radical (unpaired) electrons. The van der Waals surface area contributed by atoms with Crippen LogP contribution in [0.15, 0.2) is 244 Å². The molecule has 3 aromatic carbocycles. The predicted molar refractivity (Wildman–Crippen MR) is 302 cm³/mol. The monoisotopic (exact) mass is 966 g/mol. The Bertz CT molecular complexity index is 3170. The van der Waals surface area contributed by atoms with Crippen molar-refractivity contribution in [2.75, 3.05) is 0 Å². The number of pyridine rings is 8. The van der Waals surface area contributed by atoms with Gasteiger partial charge in [0.25, 0.3) is 0 Å². The van der Waals surface area contributed by atoms with Crippen LogP contribution in [0.1, 0.15) is 33.5 Å². The van der Waals surface area contributed by atoms with E-state index in [1.165, 1.54) is 33.2 Å². The molecule has 0 fully saturated rings. The lowest BCUT2D eigenvalue weighted by Crippen LogP contribution is -1.88. The van der Waals surface area contributed by atoms with Crippen LogP contribution in [0.25, 0.3) is 67.0 Å². The van der Waals surface area contributed by atoms with E-state index in [2.05, 4.69) is 120 Å². The van der Waals surface area contributed by atoms with E-state index in [-0.39, 0.29) is 0 Å². The highest BCUT2D eigenvalue weighted by Crippen LogP contribution is 2.22. The molecule has 0 N–H and O–H groups in total. The lowest BCUT2D eigenvalue weighted by Gasteiger charge is -2.02. The van der Waals surface area contributed by atoms with Gasteiger partial charge in [-0.05, 0) is 148 Å². The fourth-order valence-corrected chi connectivity index (χ4v) is 7.63. The molecule has 0 aliphatic heterocycles.